The Balaban J connectivity index is 2.08. The predicted octanol–water partition coefficient (Wildman–Crippen LogP) is 2.52. The van der Waals surface area contributed by atoms with Crippen molar-refractivity contribution in [3.63, 3.8) is 0 Å². The van der Waals surface area contributed by atoms with Crippen molar-refractivity contribution in [1.29, 1.82) is 0 Å². The highest BCUT2D eigenvalue weighted by Gasteiger charge is 2.20. The Hall–Kier alpha value is -2.96. The number of hydrogen-bond donors (Lipinski definition) is 1. The lowest BCUT2D eigenvalue weighted by Gasteiger charge is -2.19. The third-order valence-electron chi connectivity index (χ3n) is 4.77. The van der Waals surface area contributed by atoms with Crippen LogP contribution in [0.4, 0.5) is 10.1 Å². The number of hydrogen-bond acceptors (Lipinski definition) is 4. The first-order chi connectivity index (χ1) is 12.0. The van der Waals surface area contributed by atoms with E-state index < -0.39 is 17.2 Å². The van der Waals surface area contributed by atoms with Gasteiger partial charge in [-0.05, 0) is 25.0 Å². The van der Waals surface area contributed by atoms with Crippen molar-refractivity contribution in [3.05, 3.63) is 46.1 Å². The molecule has 3 heterocycles. The van der Waals surface area contributed by atoms with Crippen molar-refractivity contribution < 1.29 is 14.3 Å². The Morgan fingerprint density at radius 2 is 2.00 bits per heavy atom. The van der Waals surface area contributed by atoms with Crippen LogP contribution in [0.25, 0.3) is 21.8 Å². The number of benzene rings is 1. The van der Waals surface area contributed by atoms with E-state index >= 15 is 0 Å². The molecule has 0 radical (unpaired) electrons. The van der Waals surface area contributed by atoms with Crippen molar-refractivity contribution in [2.24, 2.45) is 7.05 Å². The molecule has 1 aliphatic rings. The average molecular weight is 341 g/mol. The predicted molar refractivity (Wildman–Crippen MR) is 92.9 cm³/mol. The number of aromatic carboxylic acids is 1. The van der Waals surface area contributed by atoms with E-state index in [4.69, 9.17) is 0 Å². The molecule has 0 amide bonds. The number of nitrogens with zero attached hydrogens (tertiary/aromatic N) is 3. The van der Waals surface area contributed by atoms with Gasteiger partial charge in [0.25, 0.3) is 0 Å². The molecule has 6 nitrogen and oxygen atoms in total. The number of aryl methyl sites for hydroxylation is 1. The summed E-state index contributed by atoms with van der Waals surface area (Å²) < 4.78 is 16.2. The molecular weight excluding hydrogens is 325 g/mol. The molecule has 128 valence electrons. The minimum atomic E-state index is -1.30. The van der Waals surface area contributed by atoms with Crippen LogP contribution < -0.4 is 10.3 Å². The van der Waals surface area contributed by atoms with Gasteiger partial charge in [-0.25, -0.2) is 9.18 Å². The van der Waals surface area contributed by atoms with Crippen LogP contribution in [0.15, 0.2) is 29.3 Å². The average Bonchev–Trinajstić information content (AvgIpc) is 3.10. The zero-order chi connectivity index (χ0) is 17.7. The van der Waals surface area contributed by atoms with Gasteiger partial charge in [-0.15, -0.1) is 0 Å². The molecule has 25 heavy (non-hydrogen) atoms. The Kier molecular flexibility index (Phi) is 3.45. The van der Waals surface area contributed by atoms with E-state index in [1.807, 2.05) is 4.90 Å². The van der Waals surface area contributed by atoms with Gasteiger partial charge in [0.2, 0.25) is 5.43 Å². The van der Waals surface area contributed by atoms with Crippen LogP contribution >= 0.6 is 0 Å². The van der Waals surface area contributed by atoms with Gasteiger partial charge < -0.3 is 14.6 Å². The first kappa shape index (κ1) is 15.6. The summed E-state index contributed by atoms with van der Waals surface area (Å²) in [6.45, 7) is 1.59. The second-order valence-electron chi connectivity index (χ2n) is 6.32. The van der Waals surface area contributed by atoms with Gasteiger partial charge in [0.15, 0.2) is 0 Å². The Morgan fingerprint density at radius 1 is 1.28 bits per heavy atom. The maximum Gasteiger partial charge on any atom is 0.341 e. The number of carbonyl (C=O) groups is 1. The van der Waals surface area contributed by atoms with E-state index in [1.54, 1.807) is 13.1 Å². The van der Waals surface area contributed by atoms with Crippen LogP contribution in [0.3, 0.4) is 0 Å². The molecule has 1 aliphatic heterocycles. The van der Waals surface area contributed by atoms with Crippen molar-refractivity contribution >= 4 is 33.5 Å². The summed E-state index contributed by atoms with van der Waals surface area (Å²) in [6, 6.07) is 2.94. The molecule has 3 aromatic rings. The van der Waals surface area contributed by atoms with Crippen molar-refractivity contribution in [2.75, 3.05) is 18.0 Å². The maximum atomic E-state index is 14.7. The largest absolute Gasteiger partial charge is 0.477 e. The Bertz CT molecular complexity index is 1080. The number of halogens is 1. The summed E-state index contributed by atoms with van der Waals surface area (Å²) in [4.78, 5) is 30.3. The molecule has 0 aliphatic carbocycles. The molecule has 0 unspecified atom stereocenters. The van der Waals surface area contributed by atoms with Gasteiger partial charge in [-0.1, -0.05) is 0 Å². The van der Waals surface area contributed by atoms with Crippen LogP contribution in [0.5, 0.6) is 0 Å². The minimum absolute atomic E-state index is 0.180. The van der Waals surface area contributed by atoms with Gasteiger partial charge in [-0.2, -0.15) is 0 Å². The molecule has 0 spiro atoms. The normalized spacial score (nSPS) is 14.6. The van der Waals surface area contributed by atoms with E-state index in [0.717, 1.165) is 25.9 Å². The summed E-state index contributed by atoms with van der Waals surface area (Å²) >= 11 is 0. The molecule has 1 N–H and O–H groups in total. The number of carboxylic acids is 1. The number of anilines is 1. The Morgan fingerprint density at radius 3 is 2.68 bits per heavy atom. The van der Waals surface area contributed by atoms with Gasteiger partial charge in [0.1, 0.15) is 11.4 Å². The van der Waals surface area contributed by atoms with Gasteiger partial charge in [-0.3, -0.25) is 9.78 Å². The van der Waals surface area contributed by atoms with Crippen LogP contribution in [0.1, 0.15) is 23.2 Å². The smallest absolute Gasteiger partial charge is 0.341 e. The number of aromatic nitrogens is 2. The van der Waals surface area contributed by atoms with E-state index in [0.29, 0.717) is 22.1 Å². The minimum Gasteiger partial charge on any atom is -0.477 e. The number of pyridine rings is 2. The summed E-state index contributed by atoms with van der Waals surface area (Å²) in [6.07, 6.45) is 4.82. The molecule has 2 aromatic heterocycles. The fraction of sp³-hybridized carbons (Fsp3) is 0.278. The van der Waals surface area contributed by atoms with E-state index in [1.165, 1.54) is 23.0 Å². The SMILES string of the molecule is Cn1cc(C(=O)O)c(=O)c2c3cc(F)c(N4CCCC4)cc3ncc21. The molecule has 1 saturated heterocycles. The fourth-order valence-corrected chi connectivity index (χ4v) is 3.51. The van der Waals surface area contributed by atoms with Crippen LogP contribution in [-0.2, 0) is 7.05 Å². The second kappa shape index (κ2) is 5.54. The summed E-state index contributed by atoms with van der Waals surface area (Å²) in [5.41, 5.74) is 0.460. The number of rotatable bonds is 2. The van der Waals surface area contributed by atoms with Crippen molar-refractivity contribution in [2.45, 2.75) is 12.8 Å². The summed E-state index contributed by atoms with van der Waals surface area (Å²) in [5, 5.41) is 9.77. The van der Waals surface area contributed by atoms with E-state index in [9.17, 15) is 19.1 Å². The highest BCUT2D eigenvalue weighted by molar-refractivity contribution is 6.07. The Labute approximate surface area is 142 Å². The van der Waals surface area contributed by atoms with Gasteiger partial charge >= 0.3 is 5.97 Å². The lowest BCUT2D eigenvalue weighted by molar-refractivity contribution is 0.0695. The molecular formula is C18H16FN3O3. The highest BCUT2D eigenvalue weighted by atomic mass is 19.1. The van der Waals surface area contributed by atoms with Crippen LogP contribution in [-0.4, -0.2) is 33.7 Å². The summed E-state index contributed by atoms with van der Waals surface area (Å²) in [7, 11) is 1.64. The quantitative estimate of drug-likeness (QED) is 0.725. The second-order valence-corrected chi connectivity index (χ2v) is 6.32. The lowest BCUT2D eigenvalue weighted by Crippen LogP contribution is -2.20. The van der Waals surface area contributed by atoms with Crippen LogP contribution in [0.2, 0.25) is 0 Å². The molecule has 4 rings (SSSR count). The molecule has 1 aromatic carbocycles. The number of fused-ring (bicyclic) bond motifs is 3. The third kappa shape index (κ3) is 2.34. The van der Waals surface area contributed by atoms with Crippen molar-refractivity contribution in [1.82, 2.24) is 9.55 Å². The zero-order valence-corrected chi connectivity index (χ0v) is 13.6. The molecule has 0 atom stereocenters. The fourth-order valence-electron chi connectivity index (χ4n) is 3.51. The number of carboxylic acid groups (broad SMARTS) is 1. The molecule has 0 bridgehead atoms. The lowest BCUT2D eigenvalue weighted by atomic mass is 10.1. The van der Waals surface area contributed by atoms with Gasteiger partial charge in [0, 0.05) is 31.7 Å². The molecule has 0 saturated carbocycles. The van der Waals surface area contributed by atoms with E-state index in [-0.39, 0.29) is 10.9 Å². The topological polar surface area (TPSA) is 75.4 Å². The summed E-state index contributed by atoms with van der Waals surface area (Å²) in [5.74, 6) is -1.73. The zero-order valence-electron chi connectivity index (χ0n) is 13.6. The van der Waals surface area contributed by atoms with Crippen molar-refractivity contribution in [3.8, 4) is 0 Å². The molecule has 7 heteroatoms. The maximum absolute atomic E-state index is 14.7. The standard InChI is InChI=1S/C18H16FN3O3/c1-21-9-11(18(24)25)17(23)16-10-6-12(19)14(22-4-2-3-5-22)7-13(10)20-8-15(16)21/h6-9H,2-5H2,1H3,(H,24,25). The van der Waals surface area contributed by atoms with Crippen LogP contribution in [0, 0.1) is 5.82 Å². The van der Waals surface area contributed by atoms with Gasteiger partial charge in [0.05, 0.1) is 28.3 Å². The monoisotopic (exact) mass is 341 g/mol. The third-order valence-corrected chi connectivity index (χ3v) is 4.77. The first-order valence-corrected chi connectivity index (χ1v) is 8.07. The first-order valence-electron chi connectivity index (χ1n) is 8.07. The highest BCUT2D eigenvalue weighted by Crippen LogP contribution is 2.30. The van der Waals surface area contributed by atoms with E-state index in [2.05, 4.69) is 4.98 Å². The molecule has 1 fully saturated rings.